The topological polar surface area (TPSA) is 78.9 Å². The Hall–Kier alpha value is -2.96. The van der Waals surface area contributed by atoms with E-state index in [1.807, 2.05) is 60.7 Å². The van der Waals surface area contributed by atoms with Gasteiger partial charge in [-0.1, -0.05) is 48.5 Å². The number of carbonyl (C=O) groups excluding carboxylic acids is 2. The van der Waals surface area contributed by atoms with Gasteiger partial charge < -0.3 is 20.1 Å². The summed E-state index contributed by atoms with van der Waals surface area (Å²) in [7, 11) is 0. The highest BCUT2D eigenvalue weighted by Crippen LogP contribution is 2.24. The monoisotopic (exact) mass is 462 g/mol. The van der Waals surface area contributed by atoms with Crippen molar-refractivity contribution in [1.29, 1.82) is 0 Å². The fourth-order valence-corrected chi connectivity index (χ4v) is 4.63. The minimum Gasteiger partial charge on any atom is -0.489 e. The Morgan fingerprint density at radius 3 is 2.50 bits per heavy atom. The lowest BCUT2D eigenvalue weighted by Crippen LogP contribution is -2.47. The summed E-state index contributed by atoms with van der Waals surface area (Å²) in [6.07, 6.45) is 6.41. The molecule has 1 saturated heterocycles. The van der Waals surface area contributed by atoms with Crippen LogP contribution in [0.4, 0.5) is 0 Å². The normalized spacial score (nSPS) is 20.1. The first-order valence-corrected chi connectivity index (χ1v) is 12.2. The third-order valence-corrected chi connectivity index (χ3v) is 6.61. The van der Waals surface area contributed by atoms with Gasteiger partial charge >= 0.3 is 0 Å². The van der Waals surface area contributed by atoms with Gasteiger partial charge in [0.15, 0.2) is 5.78 Å². The number of aliphatic hydroxyl groups is 1. The Morgan fingerprint density at radius 1 is 1.09 bits per heavy atom. The Bertz CT molecular complexity index is 968. The van der Waals surface area contributed by atoms with E-state index in [0.29, 0.717) is 32.4 Å². The van der Waals surface area contributed by atoms with Crippen LogP contribution in [0.1, 0.15) is 49.3 Å². The van der Waals surface area contributed by atoms with Gasteiger partial charge in [-0.15, -0.1) is 0 Å². The van der Waals surface area contributed by atoms with E-state index >= 15 is 0 Å². The van der Waals surface area contributed by atoms with Crippen LogP contribution in [0, 0.1) is 5.92 Å². The van der Waals surface area contributed by atoms with E-state index < -0.39 is 12.1 Å². The van der Waals surface area contributed by atoms with Gasteiger partial charge in [0.1, 0.15) is 18.5 Å². The van der Waals surface area contributed by atoms with Gasteiger partial charge in [0, 0.05) is 19.4 Å². The quantitative estimate of drug-likeness (QED) is 0.562. The van der Waals surface area contributed by atoms with Crippen molar-refractivity contribution in [2.45, 2.75) is 50.9 Å². The van der Waals surface area contributed by atoms with Crippen LogP contribution in [-0.2, 0) is 16.2 Å². The van der Waals surface area contributed by atoms with Crippen LogP contribution in [0.15, 0.2) is 66.7 Å². The summed E-state index contributed by atoms with van der Waals surface area (Å²) in [5, 5.41) is 14.3. The molecule has 180 valence electrons. The first-order valence-electron chi connectivity index (χ1n) is 12.2. The fraction of sp³-hybridized carbons (Fsp3) is 0.429. The molecule has 34 heavy (non-hydrogen) atoms. The van der Waals surface area contributed by atoms with Crippen molar-refractivity contribution in [1.82, 2.24) is 10.2 Å². The number of carbonyl (C=O) groups is 2. The lowest BCUT2D eigenvalue weighted by Gasteiger charge is -2.29. The van der Waals surface area contributed by atoms with E-state index in [2.05, 4.69) is 10.2 Å². The van der Waals surface area contributed by atoms with Crippen LogP contribution in [0.5, 0.6) is 5.75 Å². The molecule has 4 rings (SSSR count). The Balaban J connectivity index is 1.37. The molecule has 6 nitrogen and oxygen atoms in total. The largest absolute Gasteiger partial charge is 0.489 e. The molecule has 0 bridgehead atoms. The second kappa shape index (κ2) is 12.0. The molecule has 2 aliphatic rings. The zero-order valence-corrected chi connectivity index (χ0v) is 19.6. The number of allylic oxidation sites excluding steroid dienone is 2. The molecular formula is C28H34N2O4. The molecule has 0 radical (unpaired) electrons. The second-order valence-electron chi connectivity index (χ2n) is 9.30. The predicted octanol–water partition coefficient (Wildman–Crippen LogP) is 3.81. The van der Waals surface area contributed by atoms with Crippen molar-refractivity contribution in [3.63, 3.8) is 0 Å². The van der Waals surface area contributed by atoms with Gasteiger partial charge in [-0.25, -0.2) is 0 Å². The zero-order valence-electron chi connectivity index (χ0n) is 19.6. The van der Waals surface area contributed by atoms with Crippen molar-refractivity contribution in [2.75, 3.05) is 19.6 Å². The SMILES string of the molecule is O=C1C=CC(CC(=O)NC(CN2CCCC2)C(O)c2ccc(OCc3ccccc3)cc2)CC1. The standard InChI is InChI=1S/C28H34N2O4/c31-24-12-8-21(9-13-24)18-27(32)29-26(19-30-16-4-5-17-30)28(33)23-10-14-25(15-11-23)34-20-22-6-2-1-3-7-22/h1-3,6-8,10-12,14-15,21,26,28,33H,4-5,9,13,16-20H2,(H,29,32). The number of benzene rings is 2. The van der Waals surface area contributed by atoms with Crippen LogP contribution >= 0.6 is 0 Å². The molecular weight excluding hydrogens is 428 g/mol. The molecule has 1 fully saturated rings. The number of hydrogen-bond donors (Lipinski definition) is 2. The molecule has 1 heterocycles. The summed E-state index contributed by atoms with van der Waals surface area (Å²) in [6, 6.07) is 17.0. The molecule has 1 amide bonds. The van der Waals surface area contributed by atoms with E-state index in [4.69, 9.17) is 4.74 Å². The van der Waals surface area contributed by atoms with E-state index in [1.165, 1.54) is 0 Å². The average Bonchev–Trinajstić information content (AvgIpc) is 3.37. The maximum absolute atomic E-state index is 12.8. The van der Waals surface area contributed by atoms with Crippen LogP contribution in [0.2, 0.25) is 0 Å². The van der Waals surface area contributed by atoms with E-state index in [1.54, 1.807) is 6.08 Å². The highest BCUT2D eigenvalue weighted by atomic mass is 16.5. The molecule has 0 spiro atoms. The third kappa shape index (κ3) is 7.02. The molecule has 6 heteroatoms. The van der Waals surface area contributed by atoms with Crippen LogP contribution in [-0.4, -0.2) is 47.4 Å². The van der Waals surface area contributed by atoms with Gasteiger partial charge in [0.05, 0.1) is 6.04 Å². The summed E-state index contributed by atoms with van der Waals surface area (Å²) >= 11 is 0. The van der Waals surface area contributed by atoms with Gasteiger partial charge in [0.25, 0.3) is 0 Å². The first-order chi connectivity index (χ1) is 16.6. The van der Waals surface area contributed by atoms with Crippen molar-refractivity contribution in [2.24, 2.45) is 5.92 Å². The number of hydrogen-bond acceptors (Lipinski definition) is 5. The summed E-state index contributed by atoms with van der Waals surface area (Å²) in [4.78, 5) is 26.5. The van der Waals surface area contributed by atoms with Crippen molar-refractivity contribution >= 4 is 11.7 Å². The highest BCUT2D eigenvalue weighted by molar-refractivity contribution is 5.90. The summed E-state index contributed by atoms with van der Waals surface area (Å²) < 4.78 is 5.86. The van der Waals surface area contributed by atoms with Crippen molar-refractivity contribution < 1.29 is 19.4 Å². The molecule has 2 aromatic rings. The van der Waals surface area contributed by atoms with Crippen LogP contribution < -0.4 is 10.1 Å². The third-order valence-electron chi connectivity index (χ3n) is 6.61. The lowest BCUT2D eigenvalue weighted by atomic mass is 9.92. The maximum atomic E-state index is 12.8. The highest BCUT2D eigenvalue weighted by Gasteiger charge is 2.27. The number of ketones is 1. The minimum absolute atomic E-state index is 0.0725. The molecule has 1 aliphatic heterocycles. The first kappa shape index (κ1) is 24.2. The van der Waals surface area contributed by atoms with Gasteiger partial charge in [0.2, 0.25) is 5.91 Å². The van der Waals surface area contributed by atoms with Crippen LogP contribution in [0.25, 0.3) is 0 Å². The van der Waals surface area contributed by atoms with Gasteiger partial charge in [-0.3, -0.25) is 9.59 Å². The molecule has 2 N–H and O–H groups in total. The summed E-state index contributed by atoms with van der Waals surface area (Å²) in [6.45, 7) is 3.06. The molecule has 1 aliphatic carbocycles. The Morgan fingerprint density at radius 2 is 1.82 bits per heavy atom. The van der Waals surface area contributed by atoms with Crippen molar-refractivity contribution in [3.05, 3.63) is 77.9 Å². The number of amides is 1. The average molecular weight is 463 g/mol. The number of nitrogens with one attached hydrogen (secondary N) is 1. The number of nitrogens with zero attached hydrogens (tertiary/aromatic N) is 1. The second-order valence-corrected chi connectivity index (χ2v) is 9.30. The molecule has 2 aromatic carbocycles. The van der Waals surface area contributed by atoms with Gasteiger partial charge in [-0.2, -0.15) is 0 Å². The molecule has 0 aromatic heterocycles. The Labute approximate surface area is 201 Å². The number of likely N-dealkylation sites (tertiary alicyclic amines) is 1. The summed E-state index contributed by atoms with van der Waals surface area (Å²) in [5.74, 6) is 0.840. The zero-order chi connectivity index (χ0) is 23.8. The molecule has 3 atom stereocenters. The van der Waals surface area contributed by atoms with E-state index in [9.17, 15) is 14.7 Å². The fourth-order valence-electron chi connectivity index (χ4n) is 4.63. The van der Waals surface area contributed by atoms with Crippen molar-refractivity contribution in [3.8, 4) is 5.75 Å². The van der Waals surface area contributed by atoms with Crippen LogP contribution in [0.3, 0.4) is 0 Å². The van der Waals surface area contributed by atoms with Gasteiger partial charge in [-0.05, 0) is 67.6 Å². The van der Waals surface area contributed by atoms with E-state index in [-0.39, 0.29) is 17.6 Å². The number of aliphatic hydroxyl groups excluding tert-OH is 1. The summed E-state index contributed by atoms with van der Waals surface area (Å²) in [5.41, 5.74) is 1.84. The smallest absolute Gasteiger partial charge is 0.220 e. The number of ether oxygens (including phenoxy) is 1. The number of rotatable bonds is 10. The minimum atomic E-state index is -0.823. The molecule has 0 saturated carbocycles. The Kier molecular flexibility index (Phi) is 8.50. The maximum Gasteiger partial charge on any atom is 0.220 e. The predicted molar refractivity (Wildman–Crippen MR) is 131 cm³/mol. The molecule has 3 unspecified atom stereocenters. The van der Waals surface area contributed by atoms with E-state index in [0.717, 1.165) is 42.8 Å². The lowest BCUT2D eigenvalue weighted by molar-refractivity contribution is -0.124.